The fraction of sp³-hybridized carbons (Fsp3) is 0.556. The number of furan rings is 1. The van der Waals surface area contributed by atoms with Crippen LogP contribution in [0.3, 0.4) is 0 Å². The molecule has 0 unspecified atom stereocenters. The highest BCUT2D eigenvalue weighted by molar-refractivity contribution is 9.10. The van der Waals surface area contributed by atoms with E-state index in [1.54, 1.807) is 6.26 Å². The van der Waals surface area contributed by atoms with Crippen LogP contribution in [0.4, 0.5) is 5.88 Å². The third kappa shape index (κ3) is 1.74. The van der Waals surface area contributed by atoms with E-state index in [9.17, 15) is 0 Å². The summed E-state index contributed by atoms with van der Waals surface area (Å²) in [6, 6.07) is 0. The molecular formula is C9H13BrN2O. The summed E-state index contributed by atoms with van der Waals surface area (Å²) in [6.07, 6.45) is 3.96. The third-order valence-corrected chi connectivity index (χ3v) is 3.17. The van der Waals surface area contributed by atoms with Crippen LogP contribution in [0.25, 0.3) is 0 Å². The number of nitrogens with one attached hydrogen (secondary N) is 1. The van der Waals surface area contributed by atoms with Crippen LogP contribution in [0.5, 0.6) is 0 Å². The molecule has 1 aliphatic heterocycles. The third-order valence-electron chi connectivity index (χ3n) is 2.56. The minimum Gasteiger partial charge on any atom is -0.448 e. The molecule has 3 N–H and O–H groups in total. The van der Waals surface area contributed by atoms with Crippen molar-refractivity contribution in [3.05, 3.63) is 16.3 Å². The number of halogens is 1. The molecule has 1 aromatic rings. The van der Waals surface area contributed by atoms with Crippen molar-refractivity contribution in [2.45, 2.75) is 18.8 Å². The van der Waals surface area contributed by atoms with Crippen LogP contribution < -0.4 is 11.1 Å². The first-order valence-corrected chi connectivity index (χ1v) is 5.31. The van der Waals surface area contributed by atoms with E-state index in [-0.39, 0.29) is 0 Å². The molecule has 72 valence electrons. The maximum absolute atomic E-state index is 5.76. The Morgan fingerprint density at radius 1 is 1.46 bits per heavy atom. The summed E-state index contributed by atoms with van der Waals surface area (Å²) >= 11 is 3.46. The van der Waals surface area contributed by atoms with Crippen molar-refractivity contribution < 1.29 is 4.42 Å². The van der Waals surface area contributed by atoms with E-state index in [2.05, 4.69) is 21.2 Å². The summed E-state index contributed by atoms with van der Waals surface area (Å²) in [7, 11) is 0. The van der Waals surface area contributed by atoms with E-state index in [1.807, 2.05) is 0 Å². The van der Waals surface area contributed by atoms with Crippen LogP contribution in [0.15, 0.2) is 15.2 Å². The zero-order chi connectivity index (χ0) is 9.26. The standard InChI is InChI=1S/C9H13BrN2O/c10-7-5-13-9(11)8(7)6-1-3-12-4-2-6/h5-6,12H,1-4,11H2. The molecule has 3 nitrogen and oxygen atoms in total. The average molecular weight is 245 g/mol. The lowest BCUT2D eigenvalue weighted by Crippen LogP contribution is -2.26. The summed E-state index contributed by atoms with van der Waals surface area (Å²) in [5, 5.41) is 3.33. The molecule has 0 spiro atoms. The summed E-state index contributed by atoms with van der Waals surface area (Å²) in [6.45, 7) is 2.14. The summed E-state index contributed by atoms with van der Waals surface area (Å²) in [5.74, 6) is 1.12. The van der Waals surface area contributed by atoms with Crippen molar-refractivity contribution in [3.8, 4) is 0 Å². The molecule has 1 fully saturated rings. The largest absolute Gasteiger partial charge is 0.448 e. The lowest BCUT2D eigenvalue weighted by atomic mass is 9.92. The normalized spacial score (nSPS) is 19.2. The van der Waals surface area contributed by atoms with Gasteiger partial charge in [0, 0.05) is 5.56 Å². The topological polar surface area (TPSA) is 51.2 Å². The summed E-state index contributed by atoms with van der Waals surface area (Å²) in [5.41, 5.74) is 6.91. The van der Waals surface area contributed by atoms with Gasteiger partial charge in [-0.25, -0.2) is 0 Å². The molecule has 0 saturated carbocycles. The van der Waals surface area contributed by atoms with Gasteiger partial charge in [-0.15, -0.1) is 0 Å². The molecule has 0 aromatic carbocycles. The van der Waals surface area contributed by atoms with Crippen LogP contribution in [0.1, 0.15) is 24.3 Å². The van der Waals surface area contributed by atoms with Crippen LogP contribution in [-0.4, -0.2) is 13.1 Å². The Morgan fingerprint density at radius 2 is 2.15 bits per heavy atom. The van der Waals surface area contributed by atoms with Crippen molar-refractivity contribution in [1.29, 1.82) is 0 Å². The monoisotopic (exact) mass is 244 g/mol. The van der Waals surface area contributed by atoms with Gasteiger partial charge < -0.3 is 15.5 Å². The molecule has 0 atom stereocenters. The minimum absolute atomic E-state index is 0.550. The van der Waals surface area contributed by atoms with E-state index in [1.165, 1.54) is 0 Å². The minimum atomic E-state index is 0.550. The Morgan fingerprint density at radius 3 is 2.69 bits per heavy atom. The predicted octanol–water partition coefficient (Wildman–Crippen LogP) is 2.09. The number of nitrogens with two attached hydrogens (primary N) is 1. The van der Waals surface area contributed by atoms with E-state index in [0.717, 1.165) is 36.0 Å². The highest BCUT2D eigenvalue weighted by atomic mass is 79.9. The number of hydrogen-bond donors (Lipinski definition) is 2. The zero-order valence-electron chi connectivity index (χ0n) is 7.35. The van der Waals surface area contributed by atoms with Gasteiger partial charge in [0.25, 0.3) is 0 Å². The van der Waals surface area contributed by atoms with Gasteiger partial charge in [0.15, 0.2) is 5.88 Å². The number of piperidine rings is 1. The van der Waals surface area contributed by atoms with Gasteiger partial charge in [-0.2, -0.15) is 0 Å². The zero-order valence-corrected chi connectivity index (χ0v) is 8.93. The molecule has 13 heavy (non-hydrogen) atoms. The van der Waals surface area contributed by atoms with Crippen LogP contribution in [0, 0.1) is 0 Å². The first-order valence-electron chi connectivity index (χ1n) is 4.52. The molecule has 2 rings (SSSR count). The lowest BCUT2D eigenvalue weighted by molar-refractivity contribution is 0.457. The highest BCUT2D eigenvalue weighted by Gasteiger charge is 2.22. The van der Waals surface area contributed by atoms with Crippen LogP contribution in [0.2, 0.25) is 0 Å². The van der Waals surface area contributed by atoms with Gasteiger partial charge in [0.2, 0.25) is 0 Å². The van der Waals surface area contributed by atoms with E-state index >= 15 is 0 Å². The molecule has 2 heterocycles. The Bertz CT molecular complexity index is 272. The molecular weight excluding hydrogens is 232 g/mol. The van der Waals surface area contributed by atoms with Crippen molar-refractivity contribution in [3.63, 3.8) is 0 Å². The first-order chi connectivity index (χ1) is 6.29. The smallest absolute Gasteiger partial charge is 0.194 e. The van der Waals surface area contributed by atoms with Crippen molar-refractivity contribution in [2.24, 2.45) is 0 Å². The number of nitrogen functional groups attached to an aromatic ring is 1. The highest BCUT2D eigenvalue weighted by Crippen LogP contribution is 2.36. The van der Waals surface area contributed by atoms with E-state index in [4.69, 9.17) is 10.2 Å². The Balaban J connectivity index is 2.22. The van der Waals surface area contributed by atoms with Crippen LogP contribution in [-0.2, 0) is 0 Å². The summed E-state index contributed by atoms with van der Waals surface area (Å²) in [4.78, 5) is 0. The van der Waals surface area contributed by atoms with Gasteiger partial charge in [0.05, 0.1) is 4.47 Å². The summed E-state index contributed by atoms with van der Waals surface area (Å²) < 4.78 is 6.17. The molecule has 4 heteroatoms. The molecule has 0 amide bonds. The Labute approximate surface area is 85.8 Å². The van der Waals surface area contributed by atoms with Crippen molar-refractivity contribution >= 4 is 21.8 Å². The van der Waals surface area contributed by atoms with Crippen molar-refractivity contribution in [1.82, 2.24) is 5.32 Å². The second kappa shape index (κ2) is 3.72. The molecule has 0 bridgehead atoms. The fourth-order valence-electron chi connectivity index (χ4n) is 1.87. The second-order valence-electron chi connectivity index (χ2n) is 3.39. The quantitative estimate of drug-likeness (QED) is 0.796. The van der Waals surface area contributed by atoms with Crippen molar-refractivity contribution in [2.75, 3.05) is 18.8 Å². The van der Waals surface area contributed by atoms with Gasteiger partial charge in [-0.1, -0.05) is 0 Å². The number of anilines is 1. The molecule has 0 radical (unpaired) electrons. The van der Waals surface area contributed by atoms with Gasteiger partial charge in [0.1, 0.15) is 6.26 Å². The van der Waals surface area contributed by atoms with Gasteiger partial charge in [-0.05, 0) is 47.8 Å². The molecule has 1 aliphatic rings. The number of hydrogen-bond acceptors (Lipinski definition) is 3. The molecule has 1 aromatic heterocycles. The Kier molecular flexibility index (Phi) is 2.60. The average Bonchev–Trinajstić information content (AvgIpc) is 2.48. The van der Waals surface area contributed by atoms with Crippen LogP contribution >= 0.6 is 15.9 Å². The maximum Gasteiger partial charge on any atom is 0.194 e. The number of rotatable bonds is 1. The molecule has 0 aliphatic carbocycles. The molecule has 1 saturated heterocycles. The van der Waals surface area contributed by atoms with Gasteiger partial charge >= 0.3 is 0 Å². The SMILES string of the molecule is Nc1occ(Br)c1C1CCNCC1. The second-order valence-corrected chi connectivity index (χ2v) is 4.24. The van der Waals surface area contributed by atoms with Gasteiger partial charge in [-0.3, -0.25) is 0 Å². The fourth-order valence-corrected chi connectivity index (χ4v) is 2.48. The van der Waals surface area contributed by atoms with E-state index < -0.39 is 0 Å². The lowest BCUT2D eigenvalue weighted by Gasteiger charge is -2.22. The van der Waals surface area contributed by atoms with E-state index in [0.29, 0.717) is 11.8 Å². The predicted molar refractivity (Wildman–Crippen MR) is 55.7 cm³/mol. The Hall–Kier alpha value is -0.480. The maximum atomic E-state index is 5.76. The first kappa shape index (κ1) is 9.09.